The third kappa shape index (κ3) is 3.08. The highest BCUT2D eigenvalue weighted by atomic mass is 16.2. The molecular formula is C23H23N7O2. The number of aromatic nitrogens is 6. The topological polar surface area (TPSA) is 102 Å². The van der Waals surface area contributed by atoms with E-state index >= 15 is 0 Å². The van der Waals surface area contributed by atoms with E-state index in [4.69, 9.17) is 0 Å². The lowest BCUT2D eigenvalue weighted by molar-refractivity contribution is 0.0989. The fraction of sp³-hybridized carbons (Fsp3) is 0.348. The van der Waals surface area contributed by atoms with Gasteiger partial charge in [-0.25, -0.2) is 14.3 Å². The summed E-state index contributed by atoms with van der Waals surface area (Å²) in [5.74, 6) is 0. The summed E-state index contributed by atoms with van der Waals surface area (Å²) in [5, 5.41) is 0. The van der Waals surface area contributed by atoms with Crippen LogP contribution in [0.15, 0.2) is 64.8 Å². The van der Waals surface area contributed by atoms with Crippen LogP contribution in [0.25, 0.3) is 16.9 Å². The molecule has 0 spiro atoms. The van der Waals surface area contributed by atoms with Crippen molar-refractivity contribution in [3.63, 3.8) is 0 Å². The van der Waals surface area contributed by atoms with Crippen LogP contribution in [0.1, 0.15) is 37.4 Å². The fourth-order valence-corrected chi connectivity index (χ4v) is 5.45. The number of nitrogens with one attached hydrogen (secondary N) is 1. The lowest BCUT2D eigenvalue weighted by Gasteiger charge is -2.39. The molecular weight excluding hydrogens is 406 g/mol. The molecule has 2 atom stereocenters. The molecule has 9 heteroatoms. The van der Waals surface area contributed by atoms with E-state index in [9.17, 15) is 9.59 Å². The predicted octanol–water partition coefficient (Wildman–Crippen LogP) is 2.03. The Bertz CT molecular complexity index is 1360. The second kappa shape index (κ2) is 7.52. The maximum Gasteiger partial charge on any atom is 0.334 e. The van der Waals surface area contributed by atoms with Gasteiger partial charge in [0.05, 0.1) is 23.9 Å². The zero-order valence-corrected chi connectivity index (χ0v) is 17.5. The molecule has 0 saturated carbocycles. The smallest absolute Gasteiger partial charge is 0.313 e. The summed E-state index contributed by atoms with van der Waals surface area (Å²) in [6.07, 6.45) is 11.0. The van der Waals surface area contributed by atoms with Crippen LogP contribution in [0.5, 0.6) is 0 Å². The summed E-state index contributed by atoms with van der Waals surface area (Å²) < 4.78 is 3.54. The quantitative estimate of drug-likeness (QED) is 0.533. The van der Waals surface area contributed by atoms with Crippen LogP contribution in [-0.2, 0) is 6.54 Å². The molecule has 0 radical (unpaired) electrons. The van der Waals surface area contributed by atoms with Crippen LogP contribution in [0.2, 0.25) is 0 Å². The van der Waals surface area contributed by atoms with Gasteiger partial charge in [0.25, 0.3) is 5.56 Å². The van der Waals surface area contributed by atoms with Crippen LogP contribution in [0, 0.1) is 0 Å². The Balaban J connectivity index is 1.39. The second-order valence-corrected chi connectivity index (χ2v) is 8.63. The van der Waals surface area contributed by atoms with E-state index in [-0.39, 0.29) is 11.6 Å². The van der Waals surface area contributed by atoms with Gasteiger partial charge in [-0.3, -0.25) is 24.6 Å². The van der Waals surface area contributed by atoms with Crippen molar-refractivity contribution in [1.82, 2.24) is 34.0 Å². The number of fused-ring (bicyclic) bond motifs is 3. The minimum Gasteiger partial charge on any atom is -0.313 e. The molecule has 0 aliphatic carbocycles. The van der Waals surface area contributed by atoms with Crippen LogP contribution < -0.4 is 11.2 Å². The highest BCUT2D eigenvalue weighted by Crippen LogP contribution is 2.42. The van der Waals surface area contributed by atoms with Crippen molar-refractivity contribution in [3.8, 4) is 5.69 Å². The molecule has 4 aromatic heterocycles. The van der Waals surface area contributed by atoms with Gasteiger partial charge >= 0.3 is 5.69 Å². The normalized spacial score (nSPS) is 23.1. The molecule has 1 N–H and O–H groups in total. The van der Waals surface area contributed by atoms with Crippen LogP contribution >= 0.6 is 0 Å². The number of aromatic amines is 1. The first kappa shape index (κ1) is 19.1. The summed E-state index contributed by atoms with van der Waals surface area (Å²) in [4.78, 5) is 43.3. The van der Waals surface area contributed by atoms with Crippen molar-refractivity contribution < 1.29 is 0 Å². The number of nitrogens with zero attached hydrogens (tertiary/aromatic N) is 6. The molecule has 4 aromatic rings. The molecule has 9 nitrogen and oxygen atoms in total. The first-order chi connectivity index (χ1) is 15.7. The molecule has 2 aliphatic heterocycles. The Labute approximate surface area is 183 Å². The molecule has 2 bridgehead atoms. The van der Waals surface area contributed by atoms with Gasteiger partial charge in [-0.2, -0.15) is 0 Å². The van der Waals surface area contributed by atoms with E-state index in [0.29, 0.717) is 23.4 Å². The largest absolute Gasteiger partial charge is 0.334 e. The molecule has 2 fully saturated rings. The van der Waals surface area contributed by atoms with Crippen molar-refractivity contribution in [2.45, 2.75) is 50.4 Å². The molecule has 0 amide bonds. The molecule has 162 valence electrons. The number of H-pyrrole nitrogens is 1. The lowest BCUT2D eigenvalue weighted by atomic mass is 9.96. The molecule has 6 rings (SSSR count). The van der Waals surface area contributed by atoms with Gasteiger partial charge in [0.15, 0.2) is 11.2 Å². The SMILES string of the molecule is O=c1[nH]c(=O)n(-c2cccnc2)c2c1ncn2C1CC2CCC(C1)N2Cc1ccccn1. The minimum absolute atomic E-state index is 0.168. The summed E-state index contributed by atoms with van der Waals surface area (Å²) in [6.45, 7) is 0.855. The third-order valence-electron chi connectivity index (χ3n) is 6.85. The zero-order chi connectivity index (χ0) is 21.7. The van der Waals surface area contributed by atoms with Gasteiger partial charge in [0.1, 0.15) is 0 Å². The number of hydrogen-bond donors (Lipinski definition) is 1. The summed E-state index contributed by atoms with van der Waals surface area (Å²) in [6, 6.07) is 10.7. The van der Waals surface area contributed by atoms with Gasteiger partial charge in [-0.05, 0) is 49.9 Å². The summed E-state index contributed by atoms with van der Waals surface area (Å²) in [5.41, 5.74) is 1.57. The average Bonchev–Trinajstić information content (AvgIpc) is 3.33. The van der Waals surface area contributed by atoms with Crippen LogP contribution in [0.4, 0.5) is 0 Å². The van der Waals surface area contributed by atoms with Crippen molar-refractivity contribution in [3.05, 3.63) is 81.8 Å². The first-order valence-electron chi connectivity index (χ1n) is 11.0. The average molecular weight is 429 g/mol. The van der Waals surface area contributed by atoms with Crippen LogP contribution in [-0.4, -0.2) is 46.1 Å². The summed E-state index contributed by atoms with van der Waals surface area (Å²) in [7, 11) is 0. The molecule has 2 aliphatic rings. The molecule has 6 heterocycles. The number of hydrogen-bond acceptors (Lipinski definition) is 6. The summed E-state index contributed by atoms with van der Waals surface area (Å²) >= 11 is 0. The molecule has 0 aromatic carbocycles. The van der Waals surface area contributed by atoms with Crippen molar-refractivity contribution >= 4 is 11.2 Å². The number of pyridine rings is 2. The van der Waals surface area contributed by atoms with Crippen molar-refractivity contribution in [2.24, 2.45) is 0 Å². The highest BCUT2D eigenvalue weighted by molar-refractivity contribution is 5.72. The Hall–Kier alpha value is -3.59. The van der Waals surface area contributed by atoms with E-state index in [1.807, 2.05) is 29.0 Å². The van der Waals surface area contributed by atoms with Gasteiger partial charge < -0.3 is 4.57 Å². The van der Waals surface area contributed by atoms with E-state index < -0.39 is 11.2 Å². The molecule has 2 unspecified atom stereocenters. The van der Waals surface area contributed by atoms with E-state index in [1.54, 1.807) is 24.8 Å². The Morgan fingerprint density at radius 2 is 1.81 bits per heavy atom. The van der Waals surface area contributed by atoms with Crippen LogP contribution in [0.3, 0.4) is 0 Å². The van der Waals surface area contributed by atoms with E-state index in [2.05, 4.69) is 30.9 Å². The highest BCUT2D eigenvalue weighted by Gasteiger charge is 2.41. The van der Waals surface area contributed by atoms with Crippen molar-refractivity contribution in [1.29, 1.82) is 0 Å². The maximum atomic E-state index is 12.8. The maximum absolute atomic E-state index is 12.8. The lowest BCUT2D eigenvalue weighted by Crippen LogP contribution is -2.43. The Kier molecular flexibility index (Phi) is 4.50. The van der Waals surface area contributed by atoms with Gasteiger partial charge in [0.2, 0.25) is 0 Å². The molecule has 32 heavy (non-hydrogen) atoms. The standard InChI is InChI=1S/C23H23N7O2/c31-21-20-22(30(23(32)27-21)18-5-3-8-24-12-18)29(14-26-20)19-10-16-6-7-17(11-19)28(16)13-15-4-1-2-9-25-15/h1-5,8-9,12,14,16-17,19H,6-7,10-11,13H2,(H,27,31,32). The fourth-order valence-electron chi connectivity index (χ4n) is 5.45. The Morgan fingerprint density at radius 3 is 2.53 bits per heavy atom. The van der Waals surface area contributed by atoms with Crippen molar-refractivity contribution in [2.75, 3.05) is 0 Å². The monoisotopic (exact) mass is 429 g/mol. The third-order valence-corrected chi connectivity index (χ3v) is 6.85. The molecule has 2 saturated heterocycles. The Morgan fingerprint density at radius 1 is 0.969 bits per heavy atom. The zero-order valence-electron chi connectivity index (χ0n) is 17.5. The minimum atomic E-state index is -0.479. The van der Waals surface area contributed by atoms with E-state index in [0.717, 1.165) is 37.9 Å². The van der Waals surface area contributed by atoms with Gasteiger partial charge in [0, 0.05) is 37.1 Å². The van der Waals surface area contributed by atoms with Gasteiger partial charge in [-0.15, -0.1) is 0 Å². The van der Waals surface area contributed by atoms with Gasteiger partial charge in [-0.1, -0.05) is 6.07 Å². The number of rotatable bonds is 4. The number of imidazole rings is 1. The van der Waals surface area contributed by atoms with E-state index in [1.165, 1.54) is 4.57 Å². The second-order valence-electron chi connectivity index (χ2n) is 8.63. The first-order valence-corrected chi connectivity index (χ1v) is 11.0. The predicted molar refractivity (Wildman–Crippen MR) is 119 cm³/mol. The number of piperidine rings is 1.